The van der Waals surface area contributed by atoms with E-state index in [1.165, 1.54) is 24.2 Å². The van der Waals surface area contributed by atoms with Crippen molar-refractivity contribution < 1.29 is 19.5 Å². The van der Waals surface area contributed by atoms with E-state index in [1.807, 2.05) is 24.3 Å². The number of methoxy groups -OCH3 is 1. The highest BCUT2D eigenvalue weighted by atomic mass is 16.5. The molecule has 24 heavy (non-hydrogen) atoms. The van der Waals surface area contributed by atoms with Crippen molar-refractivity contribution in [3.63, 3.8) is 0 Å². The van der Waals surface area contributed by atoms with Crippen LogP contribution in [0.4, 0.5) is 0 Å². The van der Waals surface area contributed by atoms with Crippen LogP contribution in [0, 0.1) is 0 Å². The second-order valence-electron chi connectivity index (χ2n) is 6.95. The van der Waals surface area contributed by atoms with Crippen molar-refractivity contribution in [2.24, 2.45) is 0 Å². The first-order chi connectivity index (χ1) is 11.5. The Kier molecular flexibility index (Phi) is 7.13. The van der Waals surface area contributed by atoms with Crippen molar-refractivity contribution in [2.75, 3.05) is 20.3 Å². The molecule has 134 valence electrons. The standard InChI is InChI=1S/C20H31NO3/c1-5-7-17-10-11-19(20(12-17)23-4)24-14-18(22)13-21-15(2)8-6-9-16(21)3/h5,10-12,15-16,18,22H,1,6-9,13-14H2,2-4H3/p+1/t15-,16-,18+/m1/s1. The fourth-order valence-corrected chi connectivity index (χ4v) is 3.63. The Morgan fingerprint density at radius 2 is 2.00 bits per heavy atom. The molecule has 1 aromatic rings. The van der Waals surface area contributed by atoms with Crippen LogP contribution < -0.4 is 14.4 Å². The first kappa shape index (κ1) is 18.8. The highest BCUT2D eigenvalue weighted by molar-refractivity contribution is 5.43. The van der Waals surface area contributed by atoms with Crippen LogP contribution in [0.5, 0.6) is 11.5 Å². The van der Waals surface area contributed by atoms with Crippen LogP contribution in [0.15, 0.2) is 30.9 Å². The van der Waals surface area contributed by atoms with Crippen molar-refractivity contribution in [2.45, 2.75) is 57.7 Å². The molecule has 4 heteroatoms. The summed E-state index contributed by atoms with van der Waals surface area (Å²) >= 11 is 0. The summed E-state index contributed by atoms with van der Waals surface area (Å²) in [5.74, 6) is 1.38. The zero-order chi connectivity index (χ0) is 17.5. The highest BCUT2D eigenvalue weighted by Gasteiger charge is 2.30. The van der Waals surface area contributed by atoms with Gasteiger partial charge in [-0.05, 0) is 57.2 Å². The molecule has 0 radical (unpaired) electrons. The summed E-state index contributed by atoms with van der Waals surface area (Å²) in [5, 5.41) is 10.4. The molecule has 1 heterocycles. The molecular formula is C20H32NO3+. The summed E-state index contributed by atoms with van der Waals surface area (Å²) < 4.78 is 11.2. The van der Waals surface area contributed by atoms with E-state index in [4.69, 9.17) is 9.47 Å². The molecule has 1 saturated heterocycles. The normalized spacial score (nSPS) is 22.8. The SMILES string of the molecule is C=CCc1ccc(OC[C@@H](O)C[NH+]2[C@H](C)CCC[C@H]2C)c(OC)c1. The molecule has 1 aromatic carbocycles. The monoisotopic (exact) mass is 334 g/mol. The van der Waals surface area contributed by atoms with Gasteiger partial charge in [-0.3, -0.25) is 0 Å². The minimum atomic E-state index is -0.472. The van der Waals surface area contributed by atoms with Crippen molar-refractivity contribution >= 4 is 0 Å². The van der Waals surface area contributed by atoms with E-state index in [0.29, 0.717) is 30.2 Å². The molecule has 2 rings (SSSR count). The summed E-state index contributed by atoms with van der Waals surface area (Å²) in [5.41, 5.74) is 1.13. The molecule has 3 atom stereocenters. The van der Waals surface area contributed by atoms with Gasteiger partial charge in [0.1, 0.15) is 19.3 Å². The zero-order valence-electron chi connectivity index (χ0n) is 15.3. The Bertz CT molecular complexity index is 522. The number of aliphatic hydroxyl groups is 1. The van der Waals surface area contributed by atoms with Gasteiger partial charge in [-0.1, -0.05) is 12.1 Å². The highest BCUT2D eigenvalue weighted by Crippen LogP contribution is 2.28. The van der Waals surface area contributed by atoms with E-state index in [1.54, 1.807) is 7.11 Å². The third kappa shape index (κ3) is 4.99. The predicted molar refractivity (Wildman–Crippen MR) is 97.0 cm³/mol. The van der Waals surface area contributed by atoms with Crippen molar-refractivity contribution in [3.8, 4) is 11.5 Å². The van der Waals surface area contributed by atoms with Crippen LogP contribution in [0.2, 0.25) is 0 Å². The lowest BCUT2D eigenvalue weighted by Crippen LogP contribution is -3.20. The van der Waals surface area contributed by atoms with Crippen LogP contribution in [0.25, 0.3) is 0 Å². The maximum absolute atomic E-state index is 10.4. The van der Waals surface area contributed by atoms with E-state index in [-0.39, 0.29) is 0 Å². The maximum atomic E-state index is 10.4. The minimum Gasteiger partial charge on any atom is -0.493 e. The summed E-state index contributed by atoms with van der Waals surface area (Å²) in [6.07, 6.45) is 5.97. The van der Waals surface area contributed by atoms with Gasteiger partial charge >= 0.3 is 0 Å². The van der Waals surface area contributed by atoms with Crippen LogP contribution in [0.3, 0.4) is 0 Å². The van der Waals surface area contributed by atoms with Crippen LogP contribution in [-0.4, -0.2) is 43.6 Å². The number of ether oxygens (including phenoxy) is 2. The number of rotatable bonds is 8. The van der Waals surface area contributed by atoms with Gasteiger partial charge in [-0.25, -0.2) is 0 Å². The molecule has 0 aromatic heterocycles. The minimum absolute atomic E-state index is 0.292. The van der Waals surface area contributed by atoms with E-state index in [9.17, 15) is 5.11 Å². The smallest absolute Gasteiger partial charge is 0.161 e. The second kappa shape index (κ2) is 9.09. The largest absolute Gasteiger partial charge is 0.493 e. The number of hydrogen-bond donors (Lipinski definition) is 2. The molecule has 1 aliphatic heterocycles. The van der Waals surface area contributed by atoms with Gasteiger partial charge in [0.2, 0.25) is 0 Å². The summed E-state index contributed by atoms with van der Waals surface area (Å²) in [6, 6.07) is 7.09. The van der Waals surface area contributed by atoms with Gasteiger partial charge in [0.05, 0.1) is 19.2 Å². The van der Waals surface area contributed by atoms with E-state index in [0.717, 1.165) is 18.5 Å². The quantitative estimate of drug-likeness (QED) is 0.715. The molecular weight excluding hydrogens is 302 g/mol. The Morgan fingerprint density at radius 3 is 2.62 bits per heavy atom. The number of aliphatic hydroxyl groups excluding tert-OH is 1. The molecule has 0 amide bonds. The second-order valence-corrected chi connectivity index (χ2v) is 6.95. The van der Waals surface area contributed by atoms with Crippen molar-refractivity contribution in [1.29, 1.82) is 0 Å². The Hall–Kier alpha value is -1.52. The molecule has 2 N–H and O–H groups in total. The third-order valence-electron chi connectivity index (χ3n) is 5.05. The molecule has 0 unspecified atom stereocenters. The van der Waals surface area contributed by atoms with E-state index >= 15 is 0 Å². The number of likely N-dealkylation sites (tertiary alicyclic amines) is 1. The Morgan fingerprint density at radius 1 is 1.29 bits per heavy atom. The fraction of sp³-hybridized carbons (Fsp3) is 0.600. The number of piperidine rings is 1. The molecule has 4 nitrogen and oxygen atoms in total. The van der Waals surface area contributed by atoms with Gasteiger partial charge in [0.15, 0.2) is 11.5 Å². The molecule has 0 bridgehead atoms. The maximum Gasteiger partial charge on any atom is 0.161 e. The number of allylic oxidation sites excluding steroid dienone is 1. The lowest BCUT2D eigenvalue weighted by molar-refractivity contribution is -0.954. The average molecular weight is 334 g/mol. The van der Waals surface area contributed by atoms with Gasteiger partial charge in [-0.15, -0.1) is 6.58 Å². The topological polar surface area (TPSA) is 43.1 Å². The van der Waals surface area contributed by atoms with Crippen LogP contribution in [0.1, 0.15) is 38.7 Å². The predicted octanol–water partition coefficient (Wildman–Crippen LogP) is 2.01. The van der Waals surface area contributed by atoms with Gasteiger partial charge in [-0.2, -0.15) is 0 Å². The fourth-order valence-electron chi connectivity index (χ4n) is 3.63. The first-order valence-corrected chi connectivity index (χ1v) is 8.99. The van der Waals surface area contributed by atoms with Crippen molar-refractivity contribution in [3.05, 3.63) is 36.4 Å². The number of hydrogen-bond acceptors (Lipinski definition) is 3. The third-order valence-corrected chi connectivity index (χ3v) is 5.05. The molecule has 0 aliphatic carbocycles. The summed E-state index contributed by atoms with van der Waals surface area (Å²) in [4.78, 5) is 1.49. The Labute approximate surface area is 146 Å². The molecule has 0 saturated carbocycles. The van der Waals surface area contributed by atoms with Crippen LogP contribution >= 0.6 is 0 Å². The molecule has 0 spiro atoms. The lowest BCUT2D eigenvalue weighted by atomic mass is 9.97. The number of benzene rings is 1. The van der Waals surface area contributed by atoms with E-state index in [2.05, 4.69) is 20.4 Å². The number of quaternary nitrogens is 1. The van der Waals surface area contributed by atoms with Crippen molar-refractivity contribution in [1.82, 2.24) is 0 Å². The average Bonchev–Trinajstić information content (AvgIpc) is 2.57. The van der Waals surface area contributed by atoms with E-state index < -0.39 is 6.10 Å². The van der Waals surface area contributed by atoms with Gasteiger partial charge in [0, 0.05) is 0 Å². The first-order valence-electron chi connectivity index (χ1n) is 8.99. The summed E-state index contributed by atoms with van der Waals surface area (Å²) in [7, 11) is 1.64. The summed E-state index contributed by atoms with van der Waals surface area (Å²) in [6.45, 7) is 9.34. The Balaban J connectivity index is 1.91. The molecule has 1 fully saturated rings. The lowest BCUT2D eigenvalue weighted by Gasteiger charge is -2.36. The zero-order valence-corrected chi connectivity index (χ0v) is 15.3. The van der Waals surface area contributed by atoms with Gasteiger partial charge in [0.25, 0.3) is 0 Å². The molecule has 1 aliphatic rings. The number of nitrogens with one attached hydrogen (secondary N) is 1. The van der Waals surface area contributed by atoms with Crippen LogP contribution in [-0.2, 0) is 6.42 Å². The van der Waals surface area contributed by atoms with Gasteiger partial charge < -0.3 is 19.5 Å².